The molecule has 2 aromatic rings. The van der Waals surface area contributed by atoms with Gasteiger partial charge in [-0.3, -0.25) is 9.59 Å². The van der Waals surface area contributed by atoms with E-state index in [1.54, 1.807) is 0 Å². The lowest BCUT2D eigenvalue weighted by atomic mass is 10.1. The fourth-order valence-corrected chi connectivity index (χ4v) is 3.37. The van der Waals surface area contributed by atoms with Gasteiger partial charge in [-0.2, -0.15) is 0 Å². The number of anilines is 1. The zero-order chi connectivity index (χ0) is 19.4. The summed E-state index contributed by atoms with van der Waals surface area (Å²) in [4.78, 5) is 31.3. The highest BCUT2D eigenvalue weighted by Gasteiger charge is 2.23. The molecule has 0 atom stereocenters. The minimum atomic E-state index is 0.0326. The predicted molar refractivity (Wildman–Crippen MR) is 108 cm³/mol. The number of aryl methyl sites for hydroxylation is 1. The van der Waals surface area contributed by atoms with Crippen molar-refractivity contribution in [1.82, 2.24) is 9.80 Å². The molecule has 0 bridgehead atoms. The molecular weight excluding hydrogens is 338 g/mol. The molecule has 0 radical (unpaired) electrons. The fraction of sp³-hybridized carbons (Fsp3) is 0.364. The van der Waals surface area contributed by atoms with Crippen LogP contribution in [0.5, 0.6) is 0 Å². The van der Waals surface area contributed by atoms with E-state index in [0.717, 1.165) is 17.7 Å². The van der Waals surface area contributed by atoms with Gasteiger partial charge in [0.05, 0.1) is 0 Å². The summed E-state index contributed by atoms with van der Waals surface area (Å²) in [6.45, 7) is 4.46. The molecule has 0 unspecified atom stereocenters. The van der Waals surface area contributed by atoms with Gasteiger partial charge in [-0.1, -0.05) is 17.7 Å². The first kappa shape index (κ1) is 19.0. The molecule has 1 aliphatic heterocycles. The lowest BCUT2D eigenvalue weighted by molar-refractivity contribution is 0.0718. The van der Waals surface area contributed by atoms with Gasteiger partial charge in [0, 0.05) is 57.1 Å². The van der Waals surface area contributed by atoms with E-state index in [2.05, 4.69) is 0 Å². The van der Waals surface area contributed by atoms with Crippen LogP contribution in [0.25, 0.3) is 0 Å². The number of nitrogens with zero attached hydrogens (tertiary/aromatic N) is 3. The molecule has 2 amide bonds. The molecule has 0 spiro atoms. The second kappa shape index (κ2) is 8.25. The van der Waals surface area contributed by atoms with E-state index in [1.165, 1.54) is 0 Å². The maximum atomic E-state index is 12.8. The van der Waals surface area contributed by atoms with E-state index in [4.69, 9.17) is 0 Å². The quantitative estimate of drug-likeness (QED) is 0.840. The van der Waals surface area contributed by atoms with Crippen molar-refractivity contribution in [3.05, 3.63) is 65.2 Å². The highest BCUT2D eigenvalue weighted by atomic mass is 16.2. The Bertz CT molecular complexity index is 815. The predicted octanol–water partition coefficient (Wildman–Crippen LogP) is 3.05. The van der Waals surface area contributed by atoms with Gasteiger partial charge in [0.25, 0.3) is 11.8 Å². The minimum absolute atomic E-state index is 0.0326. The normalized spacial score (nSPS) is 14.6. The largest absolute Gasteiger partial charge is 0.378 e. The van der Waals surface area contributed by atoms with Crippen molar-refractivity contribution in [2.24, 2.45) is 0 Å². The average Bonchev–Trinajstić information content (AvgIpc) is 2.93. The molecule has 0 saturated carbocycles. The van der Waals surface area contributed by atoms with Crippen molar-refractivity contribution in [2.45, 2.75) is 13.3 Å². The molecule has 142 valence electrons. The third-order valence-electron chi connectivity index (χ3n) is 4.97. The summed E-state index contributed by atoms with van der Waals surface area (Å²) >= 11 is 0. The summed E-state index contributed by atoms with van der Waals surface area (Å²) in [7, 11) is 3.96. The summed E-state index contributed by atoms with van der Waals surface area (Å²) in [6, 6.07) is 15.3. The Balaban J connectivity index is 1.65. The van der Waals surface area contributed by atoms with E-state index >= 15 is 0 Å². The van der Waals surface area contributed by atoms with Crippen LogP contribution in [-0.2, 0) is 0 Å². The van der Waals surface area contributed by atoms with Gasteiger partial charge in [0.2, 0.25) is 0 Å². The first-order valence-corrected chi connectivity index (χ1v) is 9.38. The summed E-state index contributed by atoms with van der Waals surface area (Å²) < 4.78 is 0. The fourth-order valence-electron chi connectivity index (χ4n) is 3.37. The maximum Gasteiger partial charge on any atom is 0.253 e. The molecule has 5 nitrogen and oxygen atoms in total. The average molecular weight is 365 g/mol. The Labute approximate surface area is 161 Å². The molecule has 1 aliphatic rings. The molecular formula is C22H27N3O2. The van der Waals surface area contributed by atoms with Crippen LogP contribution in [0.15, 0.2) is 48.5 Å². The van der Waals surface area contributed by atoms with Gasteiger partial charge in [-0.25, -0.2) is 0 Å². The molecule has 27 heavy (non-hydrogen) atoms. The SMILES string of the molecule is Cc1cccc(C(=O)N2CCCN(C(=O)c3ccc(N(C)C)cc3)CC2)c1. The number of carbonyl (C=O) groups excluding carboxylic acids is 2. The summed E-state index contributed by atoms with van der Waals surface area (Å²) in [5.74, 6) is 0.0773. The van der Waals surface area contributed by atoms with Crippen molar-refractivity contribution in [3.63, 3.8) is 0 Å². The Hall–Kier alpha value is -2.82. The zero-order valence-corrected chi connectivity index (χ0v) is 16.3. The number of rotatable bonds is 3. The van der Waals surface area contributed by atoms with E-state index in [1.807, 2.05) is 84.2 Å². The Morgan fingerprint density at radius 3 is 1.96 bits per heavy atom. The molecule has 3 rings (SSSR count). The Kier molecular flexibility index (Phi) is 5.79. The van der Waals surface area contributed by atoms with E-state index < -0.39 is 0 Å². The van der Waals surface area contributed by atoms with Crippen LogP contribution in [0.4, 0.5) is 5.69 Å². The van der Waals surface area contributed by atoms with Gasteiger partial charge < -0.3 is 14.7 Å². The van der Waals surface area contributed by atoms with Crippen LogP contribution in [0.2, 0.25) is 0 Å². The maximum absolute atomic E-state index is 12.8. The van der Waals surface area contributed by atoms with Crippen LogP contribution >= 0.6 is 0 Å². The van der Waals surface area contributed by atoms with Crippen LogP contribution in [-0.4, -0.2) is 61.9 Å². The van der Waals surface area contributed by atoms with E-state index in [0.29, 0.717) is 37.3 Å². The molecule has 0 aliphatic carbocycles. The van der Waals surface area contributed by atoms with Crippen molar-refractivity contribution < 1.29 is 9.59 Å². The topological polar surface area (TPSA) is 43.9 Å². The Morgan fingerprint density at radius 1 is 0.815 bits per heavy atom. The molecule has 2 aromatic carbocycles. The van der Waals surface area contributed by atoms with Gasteiger partial charge in [-0.05, 0) is 49.7 Å². The summed E-state index contributed by atoms with van der Waals surface area (Å²) in [6.07, 6.45) is 0.791. The number of hydrogen-bond donors (Lipinski definition) is 0. The number of amides is 2. The van der Waals surface area contributed by atoms with Gasteiger partial charge in [0.15, 0.2) is 0 Å². The first-order chi connectivity index (χ1) is 13.0. The van der Waals surface area contributed by atoms with E-state index in [9.17, 15) is 9.59 Å². The lowest BCUT2D eigenvalue weighted by Gasteiger charge is -2.23. The third-order valence-corrected chi connectivity index (χ3v) is 4.97. The third kappa shape index (κ3) is 4.48. The number of carbonyl (C=O) groups is 2. The number of hydrogen-bond acceptors (Lipinski definition) is 3. The molecule has 1 saturated heterocycles. The van der Waals surface area contributed by atoms with Crippen molar-refractivity contribution >= 4 is 17.5 Å². The van der Waals surface area contributed by atoms with Crippen molar-refractivity contribution in [3.8, 4) is 0 Å². The molecule has 0 aromatic heterocycles. The van der Waals surface area contributed by atoms with Gasteiger partial charge in [-0.15, -0.1) is 0 Å². The molecule has 1 fully saturated rings. The summed E-state index contributed by atoms with van der Waals surface area (Å²) in [5, 5.41) is 0. The van der Waals surface area contributed by atoms with Crippen LogP contribution in [0.3, 0.4) is 0 Å². The lowest BCUT2D eigenvalue weighted by Crippen LogP contribution is -2.37. The highest BCUT2D eigenvalue weighted by molar-refractivity contribution is 5.95. The van der Waals surface area contributed by atoms with Crippen molar-refractivity contribution in [2.75, 3.05) is 45.2 Å². The minimum Gasteiger partial charge on any atom is -0.378 e. The van der Waals surface area contributed by atoms with Gasteiger partial charge >= 0.3 is 0 Å². The first-order valence-electron chi connectivity index (χ1n) is 9.38. The van der Waals surface area contributed by atoms with E-state index in [-0.39, 0.29) is 11.8 Å². The molecule has 5 heteroatoms. The van der Waals surface area contributed by atoms with Crippen LogP contribution in [0.1, 0.15) is 32.7 Å². The second-order valence-electron chi connectivity index (χ2n) is 7.25. The molecule has 0 N–H and O–H groups in total. The van der Waals surface area contributed by atoms with Gasteiger partial charge in [0.1, 0.15) is 0 Å². The van der Waals surface area contributed by atoms with Crippen molar-refractivity contribution in [1.29, 1.82) is 0 Å². The smallest absolute Gasteiger partial charge is 0.253 e. The zero-order valence-electron chi connectivity index (χ0n) is 16.3. The highest BCUT2D eigenvalue weighted by Crippen LogP contribution is 2.16. The summed E-state index contributed by atoms with van der Waals surface area (Å²) in [5.41, 5.74) is 3.55. The monoisotopic (exact) mass is 365 g/mol. The molecule has 1 heterocycles. The Morgan fingerprint density at radius 2 is 1.41 bits per heavy atom. The number of benzene rings is 2. The second-order valence-corrected chi connectivity index (χ2v) is 7.25. The van der Waals surface area contributed by atoms with Crippen LogP contribution < -0.4 is 4.90 Å². The standard InChI is InChI=1S/C22H27N3O2/c1-17-6-4-7-19(16-17)22(27)25-13-5-12-24(14-15-25)21(26)18-8-10-20(11-9-18)23(2)3/h4,6-11,16H,5,12-15H2,1-3H3. The van der Waals surface area contributed by atoms with Crippen LogP contribution in [0, 0.1) is 6.92 Å².